The van der Waals surface area contributed by atoms with Gasteiger partial charge in [0.15, 0.2) is 5.69 Å². The number of carbonyl (C=O) groups is 1. The van der Waals surface area contributed by atoms with Crippen LogP contribution in [-0.2, 0) is 6.54 Å². The summed E-state index contributed by atoms with van der Waals surface area (Å²) in [7, 11) is 0. The van der Waals surface area contributed by atoms with Crippen LogP contribution in [0.15, 0.2) is 30.5 Å². The molecule has 0 fully saturated rings. The van der Waals surface area contributed by atoms with Gasteiger partial charge in [-0.1, -0.05) is 12.1 Å². The molecule has 1 aliphatic heterocycles. The lowest BCUT2D eigenvalue weighted by molar-refractivity contribution is 0.0680. The van der Waals surface area contributed by atoms with Crippen LogP contribution in [0.1, 0.15) is 35.9 Å². The van der Waals surface area contributed by atoms with E-state index in [0.29, 0.717) is 13.2 Å². The highest BCUT2D eigenvalue weighted by Gasteiger charge is 2.24. The van der Waals surface area contributed by atoms with Crippen LogP contribution >= 0.6 is 0 Å². The summed E-state index contributed by atoms with van der Waals surface area (Å²) < 4.78 is 7.19. The highest BCUT2D eigenvalue weighted by atomic mass is 16.5. The summed E-state index contributed by atoms with van der Waals surface area (Å²) in [6, 6.07) is 7.81. The number of ether oxygens (including phenoxy) is 1. The molecule has 1 aromatic heterocycles. The molecule has 6 nitrogen and oxygen atoms in total. The van der Waals surface area contributed by atoms with Crippen molar-refractivity contribution in [3.8, 4) is 5.75 Å². The van der Waals surface area contributed by atoms with Crippen molar-refractivity contribution in [1.29, 1.82) is 0 Å². The van der Waals surface area contributed by atoms with E-state index >= 15 is 0 Å². The van der Waals surface area contributed by atoms with Gasteiger partial charge in [0, 0.05) is 18.2 Å². The first-order chi connectivity index (χ1) is 10.6. The number of carboxylic acids is 1. The van der Waals surface area contributed by atoms with E-state index < -0.39 is 5.97 Å². The number of hydrogen-bond donors (Lipinski definition) is 1. The maximum absolute atomic E-state index is 11.6. The second-order valence-corrected chi connectivity index (χ2v) is 5.60. The number of para-hydroxylation sites is 2. The maximum Gasteiger partial charge on any atom is 0.354 e. The molecule has 116 valence electrons. The Morgan fingerprint density at radius 2 is 2.18 bits per heavy atom. The summed E-state index contributed by atoms with van der Waals surface area (Å²) in [5.74, 6) is -0.107. The van der Waals surface area contributed by atoms with E-state index in [1.54, 1.807) is 10.9 Å². The van der Waals surface area contributed by atoms with Gasteiger partial charge in [0.05, 0.1) is 18.4 Å². The van der Waals surface area contributed by atoms with Crippen LogP contribution in [0.3, 0.4) is 0 Å². The number of carboxylic acid groups (broad SMARTS) is 1. The topological polar surface area (TPSA) is 67.6 Å². The third kappa shape index (κ3) is 2.52. The van der Waals surface area contributed by atoms with E-state index in [2.05, 4.69) is 10.00 Å². The fourth-order valence-electron chi connectivity index (χ4n) is 2.74. The van der Waals surface area contributed by atoms with E-state index in [4.69, 9.17) is 4.74 Å². The van der Waals surface area contributed by atoms with Gasteiger partial charge in [0.1, 0.15) is 12.4 Å². The largest absolute Gasteiger partial charge is 0.490 e. The summed E-state index contributed by atoms with van der Waals surface area (Å²) in [4.78, 5) is 13.7. The Kier molecular flexibility index (Phi) is 3.75. The predicted octanol–water partition coefficient (Wildman–Crippen LogP) is 2.56. The molecule has 22 heavy (non-hydrogen) atoms. The monoisotopic (exact) mass is 301 g/mol. The van der Waals surface area contributed by atoms with E-state index in [1.807, 2.05) is 38.1 Å². The number of anilines is 1. The first-order valence-corrected chi connectivity index (χ1v) is 7.34. The lowest BCUT2D eigenvalue weighted by atomic mass is 10.1. The lowest BCUT2D eigenvalue weighted by Gasteiger charge is -2.31. The normalized spacial score (nSPS) is 13.9. The van der Waals surface area contributed by atoms with Crippen LogP contribution in [-0.4, -0.2) is 34.0 Å². The van der Waals surface area contributed by atoms with Crippen LogP contribution in [0, 0.1) is 0 Å². The Morgan fingerprint density at radius 3 is 2.91 bits per heavy atom. The quantitative estimate of drug-likeness (QED) is 0.940. The molecule has 0 bridgehead atoms. The van der Waals surface area contributed by atoms with Crippen molar-refractivity contribution in [2.24, 2.45) is 0 Å². The Labute approximate surface area is 128 Å². The number of nitrogens with zero attached hydrogens (tertiary/aromatic N) is 3. The van der Waals surface area contributed by atoms with Crippen LogP contribution in [0.5, 0.6) is 5.75 Å². The molecule has 2 aromatic rings. The molecule has 0 aliphatic carbocycles. The Bertz CT molecular complexity index is 694. The van der Waals surface area contributed by atoms with Gasteiger partial charge in [0.2, 0.25) is 0 Å². The minimum atomic E-state index is -0.942. The van der Waals surface area contributed by atoms with Crippen molar-refractivity contribution in [2.75, 3.05) is 18.1 Å². The minimum absolute atomic E-state index is 0.0109. The average molecular weight is 301 g/mol. The van der Waals surface area contributed by atoms with Gasteiger partial charge in [-0.05, 0) is 26.0 Å². The molecule has 0 spiro atoms. The fraction of sp³-hybridized carbons (Fsp3) is 0.375. The van der Waals surface area contributed by atoms with Gasteiger partial charge >= 0.3 is 5.97 Å². The van der Waals surface area contributed by atoms with E-state index in [-0.39, 0.29) is 11.7 Å². The first kappa shape index (κ1) is 14.4. The van der Waals surface area contributed by atoms with E-state index in [1.165, 1.54) is 0 Å². The molecule has 0 unspecified atom stereocenters. The molecule has 0 atom stereocenters. The number of aromatic nitrogens is 2. The maximum atomic E-state index is 11.6. The van der Waals surface area contributed by atoms with Crippen molar-refractivity contribution in [1.82, 2.24) is 9.78 Å². The predicted molar refractivity (Wildman–Crippen MR) is 82.6 cm³/mol. The molecule has 1 N–H and O–H groups in total. The van der Waals surface area contributed by atoms with Crippen LogP contribution in [0.25, 0.3) is 0 Å². The molecule has 0 amide bonds. The van der Waals surface area contributed by atoms with Crippen LogP contribution < -0.4 is 9.64 Å². The average Bonchev–Trinajstić information content (AvgIpc) is 2.92. The summed E-state index contributed by atoms with van der Waals surface area (Å²) in [6.07, 6.45) is 1.65. The minimum Gasteiger partial charge on any atom is -0.490 e. The molecule has 2 heterocycles. The smallest absolute Gasteiger partial charge is 0.354 e. The van der Waals surface area contributed by atoms with Crippen molar-refractivity contribution < 1.29 is 14.6 Å². The summed E-state index contributed by atoms with van der Waals surface area (Å²) in [5, 5.41) is 13.7. The molecule has 0 saturated heterocycles. The third-order valence-corrected chi connectivity index (χ3v) is 3.75. The molecule has 1 aliphatic rings. The highest BCUT2D eigenvalue weighted by molar-refractivity contribution is 5.87. The third-order valence-electron chi connectivity index (χ3n) is 3.75. The zero-order valence-corrected chi connectivity index (χ0v) is 12.7. The zero-order valence-electron chi connectivity index (χ0n) is 12.7. The van der Waals surface area contributed by atoms with Crippen molar-refractivity contribution in [3.05, 3.63) is 41.7 Å². The van der Waals surface area contributed by atoms with Crippen LogP contribution in [0.2, 0.25) is 0 Å². The van der Waals surface area contributed by atoms with Crippen molar-refractivity contribution in [2.45, 2.75) is 26.4 Å². The Morgan fingerprint density at radius 1 is 1.41 bits per heavy atom. The first-order valence-electron chi connectivity index (χ1n) is 7.34. The van der Waals surface area contributed by atoms with Gasteiger partial charge in [-0.15, -0.1) is 0 Å². The second kappa shape index (κ2) is 5.71. The number of fused-ring (bicyclic) bond motifs is 1. The van der Waals surface area contributed by atoms with Crippen LogP contribution in [0.4, 0.5) is 5.69 Å². The molecular formula is C16H19N3O3. The molecule has 0 saturated carbocycles. The molecule has 6 heteroatoms. The molecular weight excluding hydrogens is 282 g/mol. The highest BCUT2D eigenvalue weighted by Crippen LogP contribution is 2.32. The molecule has 3 rings (SSSR count). The summed E-state index contributed by atoms with van der Waals surface area (Å²) in [5.41, 5.74) is 1.97. The Balaban J connectivity index is 1.93. The number of rotatable bonds is 4. The Hall–Kier alpha value is -2.50. The van der Waals surface area contributed by atoms with Crippen molar-refractivity contribution in [3.63, 3.8) is 0 Å². The SMILES string of the molecule is CC(C)n1ncc(CN2CCOc3ccccc32)c1C(=O)O. The number of aromatic carboxylic acids is 1. The van der Waals surface area contributed by atoms with Gasteiger partial charge in [-0.25, -0.2) is 4.79 Å². The lowest BCUT2D eigenvalue weighted by Crippen LogP contribution is -2.32. The summed E-state index contributed by atoms with van der Waals surface area (Å²) >= 11 is 0. The summed E-state index contributed by atoms with van der Waals surface area (Å²) in [6.45, 7) is 5.68. The standard InChI is InChI=1S/C16H19N3O3/c1-11(2)19-15(16(20)21)12(9-17-19)10-18-7-8-22-14-6-4-3-5-13(14)18/h3-6,9,11H,7-8,10H2,1-2H3,(H,20,21). The van der Waals surface area contributed by atoms with Gasteiger partial charge in [-0.3, -0.25) is 4.68 Å². The number of benzene rings is 1. The van der Waals surface area contributed by atoms with Crippen molar-refractivity contribution >= 4 is 11.7 Å². The second-order valence-electron chi connectivity index (χ2n) is 5.60. The fourth-order valence-corrected chi connectivity index (χ4v) is 2.74. The van der Waals surface area contributed by atoms with Gasteiger partial charge in [-0.2, -0.15) is 5.10 Å². The van der Waals surface area contributed by atoms with Gasteiger partial charge in [0.25, 0.3) is 0 Å². The van der Waals surface area contributed by atoms with Gasteiger partial charge < -0.3 is 14.7 Å². The van der Waals surface area contributed by atoms with E-state index in [9.17, 15) is 9.90 Å². The molecule has 1 aromatic carbocycles. The molecule has 0 radical (unpaired) electrons. The van der Waals surface area contributed by atoms with E-state index in [0.717, 1.165) is 23.5 Å². The number of hydrogen-bond acceptors (Lipinski definition) is 4. The zero-order chi connectivity index (χ0) is 15.7.